The summed E-state index contributed by atoms with van der Waals surface area (Å²) in [5.41, 5.74) is -0.123. The molecule has 1 aliphatic rings. The van der Waals surface area contributed by atoms with Gasteiger partial charge in [0.05, 0.1) is 17.1 Å². The van der Waals surface area contributed by atoms with Crippen molar-refractivity contribution in [2.24, 2.45) is 0 Å². The van der Waals surface area contributed by atoms with Gasteiger partial charge in [0.2, 0.25) is 0 Å². The Bertz CT molecular complexity index is 543. The summed E-state index contributed by atoms with van der Waals surface area (Å²) in [6.45, 7) is 1.71. The third-order valence-corrected chi connectivity index (χ3v) is 4.30. The quantitative estimate of drug-likeness (QED) is 0.845. The molecule has 1 fully saturated rings. The van der Waals surface area contributed by atoms with E-state index in [4.69, 9.17) is 16.7 Å². The molecule has 5 nitrogen and oxygen atoms in total. The van der Waals surface area contributed by atoms with Gasteiger partial charge < -0.3 is 10.0 Å². The molecule has 2 rings (SSSR count). The zero-order valence-electron chi connectivity index (χ0n) is 9.84. The van der Waals surface area contributed by atoms with Crippen molar-refractivity contribution in [3.63, 3.8) is 0 Å². The summed E-state index contributed by atoms with van der Waals surface area (Å²) >= 11 is 7.11. The summed E-state index contributed by atoms with van der Waals surface area (Å²) in [5, 5.41) is 8.64. The molecule has 19 heavy (non-hydrogen) atoms. The third-order valence-electron chi connectivity index (χ3n) is 2.78. The zero-order valence-corrected chi connectivity index (χ0v) is 11.4. The molecule has 0 aromatic carbocycles. The average molecular weight is 305 g/mol. The topological polar surface area (TPSA) is 70.5 Å². The lowest BCUT2D eigenvalue weighted by molar-refractivity contribution is -0.141. The maximum absolute atomic E-state index is 13.1. The van der Waals surface area contributed by atoms with Gasteiger partial charge in [-0.3, -0.25) is 4.79 Å². The summed E-state index contributed by atoms with van der Waals surface area (Å²) in [7, 11) is 0. The molecule has 0 aliphatic carbocycles. The van der Waals surface area contributed by atoms with Gasteiger partial charge in [0.15, 0.2) is 0 Å². The molecule has 2 heterocycles. The van der Waals surface area contributed by atoms with Crippen LogP contribution in [0.15, 0.2) is 12.3 Å². The number of amides is 1. The lowest BCUT2D eigenvalue weighted by Crippen LogP contribution is -2.44. The van der Waals surface area contributed by atoms with E-state index in [-0.39, 0.29) is 16.1 Å². The molecular weight excluding hydrogens is 295 g/mol. The van der Waals surface area contributed by atoms with Crippen molar-refractivity contribution in [3.8, 4) is 0 Å². The first-order valence-electron chi connectivity index (χ1n) is 5.40. The Morgan fingerprint density at radius 1 is 1.63 bits per heavy atom. The molecule has 0 radical (unpaired) electrons. The average Bonchev–Trinajstić information content (AvgIpc) is 2.73. The van der Waals surface area contributed by atoms with Gasteiger partial charge in [-0.25, -0.2) is 14.2 Å². The monoisotopic (exact) mass is 304 g/mol. The van der Waals surface area contributed by atoms with E-state index in [9.17, 15) is 14.0 Å². The molecule has 0 spiro atoms. The van der Waals surface area contributed by atoms with Gasteiger partial charge in [-0.05, 0) is 13.0 Å². The van der Waals surface area contributed by atoms with E-state index >= 15 is 0 Å². The summed E-state index contributed by atoms with van der Waals surface area (Å²) in [6, 6.07) is 0.0265. The number of hydrogen-bond donors (Lipinski definition) is 1. The Kier molecular flexibility index (Phi) is 3.96. The van der Waals surface area contributed by atoms with E-state index in [1.165, 1.54) is 16.7 Å². The van der Waals surface area contributed by atoms with Gasteiger partial charge in [-0.2, -0.15) is 0 Å². The second kappa shape index (κ2) is 5.34. The number of carbonyl (C=O) groups excluding carboxylic acids is 1. The van der Waals surface area contributed by atoms with Crippen molar-refractivity contribution in [2.45, 2.75) is 18.3 Å². The van der Waals surface area contributed by atoms with E-state index in [2.05, 4.69) is 4.98 Å². The highest BCUT2D eigenvalue weighted by Gasteiger charge is 2.40. The van der Waals surface area contributed by atoms with Crippen LogP contribution in [0, 0.1) is 5.82 Å². The van der Waals surface area contributed by atoms with Gasteiger partial charge >= 0.3 is 5.97 Å². The van der Waals surface area contributed by atoms with Crippen molar-refractivity contribution in [2.75, 3.05) is 5.75 Å². The van der Waals surface area contributed by atoms with Crippen LogP contribution in [0.3, 0.4) is 0 Å². The second-order valence-electron chi connectivity index (χ2n) is 3.99. The fourth-order valence-corrected chi connectivity index (χ4v) is 3.20. The van der Waals surface area contributed by atoms with E-state index in [0.717, 1.165) is 12.3 Å². The fraction of sp³-hybridized carbons (Fsp3) is 0.364. The number of aliphatic carboxylic acids is 1. The van der Waals surface area contributed by atoms with Crippen molar-refractivity contribution in [1.29, 1.82) is 0 Å². The first-order chi connectivity index (χ1) is 8.91. The number of hydrogen-bond acceptors (Lipinski definition) is 4. The Hall–Kier alpha value is -1.34. The number of thioether (sulfide) groups is 1. The normalized spacial score (nSPS) is 22.6. The predicted molar refractivity (Wildman–Crippen MR) is 68.7 cm³/mol. The van der Waals surface area contributed by atoms with E-state index < -0.39 is 23.7 Å². The minimum atomic E-state index is -1.09. The van der Waals surface area contributed by atoms with Crippen molar-refractivity contribution in [3.05, 3.63) is 28.8 Å². The maximum atomic E-state index is 13.1. The molecule has 1 amide bonds. The largest absolute Gasteiger partial charge is 0.480 e. The highest BCUT2D eigenvalue weighted by atomic mass is 35.5. The van der Waals surface area contributed by atoms with Crippen molar-refractivity contribution < 1.29 is 19.1 Å². The lowest BCUT2D eigenvalue weighted by Gasteiger charge is -2.25. The lowest BCUT2D eigenvalue weighted by atomic mass is 10.2. The molecular formula is C11H10ClFN2O3S. The van der Waals surface area contributed by atoms with Crippen LogP contribution in [0.1, 0.15) is 17.3 Å². The summed E-state index contributed by atoms with van der Waals surface area (Å²) < 4.78 is 13.1. The van der Waals surface area contributed by atoms with Crippen LogP contribution in [0.25, 0.3) is 0 Å². The van der Waals surface area contributed by atoms with Crippen LogP contribution >= 0.6 is 23.4 Å². The number of aromatic nitrogens is 1. The van der Waals surface area contributed by atoms with Gasteiger partial charge in [-0.15, -0.1) is 11.8 Å². The third kappa shape index (κ3) is 2.66. The Morgan fingerprint density at radius 2 is 2.32 bits per heavy atom. The van der Waals surface area contributed by atoms with Gasteiger partial charge in [0, 0.05) is 5.75 Å². The molecule has 2 unspecified atom stereocenters. The number of nitrogens with zero attached hydrogens (tertiary/aromatic N) is 2. The Balaban J connectivity index is 2.37. The standard InChI is InChI=1S/C11H10ClFN2O3S/c1-5-15(8(4-19-5)11(17)18)10(16)7-2-6(13)3-14-9(7)12/h2-3,5,8H,4H2,1H3,(H,17,18). The molecule has 102 valence electrons. The van der Waals surface area contributed by atoms with Crippen LogP contribution in [0.2, 0.25) is 5.15 Å². The van der Waals surface area contributed by atoms with Crippen LogP contribution in [-0.4, -0.2) is 44.0 Å². The SMILES string of the molecule is CC1SCC(C(=O)O)N1C(=O)c1cc(F)cnc1Cl. The van der Waals surface area contributed by atoms with Crippen LogP contribution in [0.5, 0.6) is 0 Å². The van der Waals surface area contributed by atoms with Crippen molar-refractivity contribution in [1.82, 2.24) is 9.88 Å². The van der Waals surface area contributed by atoms with Gasteiger partial charge in [0.1, 0.15) is 17.0 Å². The van der Waals surface area contributed by atoms with E-state index in [0.29, 0.717) is 5.75 Å². The number of carboxylic acid groups (broad SMARTS) is 1. The van der Waals surface area contributed by atoms with Gasteiger partial charge in [0.25, 0.3) is 5.91 Å². The molecule has 0 bridgehead atoms. The van der Waals surface area contributed by atoms with E-state index in [1.54, 1.807) is 6.92 Å². The molecule has 2 atom stereocenters. The number of carboxylic acids is 1. The summed E-state index contributed by atoms with van der Waals surface area (Å²) in [4.78, 5) is 28.2. The van der Waals surface area contributed by atoms with Crippen LogP contribution in [0.4, 0.5) is 4.39 Å². The number of halogens is 2. The molecule has 1 saturated heterocycles. The second-order valence-corrected chi connectivity index (χ2v) is 5.70. The number of carbonyl (C=O) groups is 2. The van der Waals surface area contributed by atoms with Crippen LogP contribution in [-0.2, 0) is 4.79 Å². The summed E-state index contributed by atoms with van der Waals surface area (Å²) in [6.07, 6.45) is 0.899. The highest BCUT2D eigenvalue weighted by molar-refractivity contribution is 8.00. The highest BCUT2D eigenvalue weighted by Crippen LogP contribution is 2.31. The molecule has 1 aromatic rings. The molecule has 1 N–H and O–H groups in total. The maximum Gasteiger partial charge on any atom is 0.327 e. The first-order valence-corrected chi connectivity index (χ1v) is 6.82. The smallest absolute Gasteiger partial charge is 0.327 e. The fourth-order valence-electron chi connectivity index (χ4n) is 1.85. The zero-order chi connectivity index (χ0) is 14.2. The predicted octanol–water partition coefficient (Wildman–Crippen LogP) is 1.86. The minimum absolute atomic E-state index is 0.123. The van der Waals surface area contributed by atoms with Crippen LogP contribution < -0.4 is 0 Å². The number of pyridine rings is 1. The van der Waals surface area contributed by atoms with Gasteiger partial charge in [-0.1, -0.05) is 11.6 Å². The first kappa shape index (κ1) is 14.1. The Labute approximate surface area is 117 Å². The number of rotatable bonds is 2. The minimum Gasteiger partial charge on any atom is -0.480 e. The summed E-state index contributed by atoms with van der Waals surface area (Å²) in [5.74, 6) is -2.12. The van der Waals surface area contributed by atoms with E-state index in [1.807, 2.05) is 0 Å². The van der Waals surface area contributed by atoms with Crippen molar-refractivity contribution >= 4 is 35.2 Å². The Morgan fingerprint density at radius 3 is 2.95 bits per heavy atom. The molecule has 0 saturated carbocycles. The molecule has 1 aromatic heterocycles. The molecule has 1 aliphatic heterocycles. The molecule has 8 heteroatoms.